The summed E-state index contributed by atoms with van der Waals surface area (Å²) in [5.74, 6) is 0. The number of aromatic amines is 2. The van der Waals surface area contributed by atoms with E-state index < -0.39 is 36.9 Å². The van der Waals surface area contributed by atoms with Crippen LogP contribution in [0.5, 0.6) is 0 Å². The van der Waals surface area contributed by atoms with Crippen molar-refractivity contribution in [2.24, 2.45) is 0 Å². The van der Waals surface area contributed by atoms with E-state index in [1.165, 1.54) is 6.20 Å². The molecule has 0 aliphatic carbocycles. The molecule has 2 heterocycles. The predicted molar refractivity (Wildman–Crippen MR) is 87.2 cm³/mol. The molecule has 0 spiro atoms. The van der Waals surface area contributed by atoms with Crippen molar-refractivity contribution in [3.63, 3.8) is 0 Å². The quantitative estimate of drug-likeness (QED) is 0.480. The standard InChI is InChI=1S/C13H21N2O4PS/c1-20(2,3)5-4-8-9(16)10(17)11(19-8)7-6-14-13(21)15-12(7)18/h6,8-11,16-17H,1,4-5H2,2-3H3,(H2,14,15,18,21)/t8-,9-,10-,11+/m1/s1. The molecule has 0 unspecified atom stereocenters. The Labute approximate surface area is 128 Å². The molecule has 1 fully saturated rings. The third-order valence-electron chi connectivity index (χ3n) is 3.54. The van der Waals surface area contributed by atoms with Gasteiger partial charge in [-0.25, -0.2) is 0 Å². The topological polar surface area (TPSA) is 98.3 Å². The molecular weight excluding hydrogens is 311 g/mol. The van der Waals surface area contributed by atoms with Crippen LogP contribution in [0.15, 0.2) is 11.0 Å². The van der Waals surface area contributed by atoms with Crippen LogP contribution < -0.4 is 5.56 Å². The van der Waals surface area contributed by atoms with Crippen molar-refractivity contribution in [3.05, 3.63) is 26.9 Å². The molecule has 4 N–H and O–H groups in total. The highest BCUT2D eigenvalue weighted by Gasteiger charge is 2.44. The molecule has 0 aromatic carbocycles. The first-order chi connectivity index (χ1) is 9.69. The Hall–Kier alpha value is -0.720. The van der Waals surface area contributed by atoms with E-state index in [0.29, 0.717) is 6.42 Å². The molecule has 0 saturated carbocycles. The lowest BCUT2D eigenvalue weighted by atomic mass is 10.0. The van der Waals surface area contributed by atoms with Gasteiger partial charge in [0.25, 0.3) is 5.56 Å². The average molecular weight is 332 g/mol. The first kappa shape index (κ1) is 16.6. The van der Waals surface area contributed by atoms with Crippen LogP contribution in [0.3, 0.4) is 0 Å². The predicted octanol–water partition coefficient (Wildman–Crippen LogP) is 0.693. The number of aliphatic hydroxyl groups excluding tert-OH is 2. The molecule has 6 nitrogen and oxygen atoms in total. The van der Waals surface area contributed by atoms with Gasteiger partial charge < -0.3 is 19.9 Å². The number of nitrogens with one attached hydrogen (secondary N) is 2. The summed E-state index contributed by atoms with van der Waals surface area (Å²) in [6.45, 7) is 2.97. The second-order valence-electron chi connectivity index (χ2n) is 6.05. The van der Waals surface area contributed by atoms with Crippen molar-refractivity contribution >= 4 is 25.4 Å². The molecule has 4 atom stereocenters. The number of hydrogen-bond donors (Lipinski definition) is 4. The van der Waals surface area contributed by atoms with Crippen LogP contribution in [0.2, 0.25) is 0 Å². The smallest absolute Gasteiger partial charge is 0.257 e. The maximum Gasteiger partial charge on any atom is 0.257 e. The third-order valence-corrected chi connectivity index (χ3v) is 5.22. The highest BCUT2D eigenvalue weighted by Crippen LogP contribution is 2.40. The van der Waals surface area contributed by atoms with Crippen molar-refractivity contribution in [1.29, 1.82) is 0 Å². The van der Waals surface area contributed by atoms with E-state index in [0.717, 1.165) is 6.16 Å². The number of hydrogen-bond acceptors (Lipinski definition) is 5. The van der Waals surface area contributed by atoms with Gasteiger partial charge in [0.05, 0.1) is 11.7 Å². The van der Waals surface area contributed by atoms with Crippen LogP contribution in [0.25, 0.3) is 0 Å². The average Bonchev–Trinajstić information content (AvgIpc) is 2.64. The minimum atomic E-state index is -1.23. The number of ether oxygens (including phenoxy) is 1. The fourth-order valence-corrected chi connectivity index (χ4v) is 3.46. The van der Waals surface area contributed by atoms with Crippen LogP contribution in [-0.4, -0.2) is 64.3 Å². The summed E-state index contributed by atoms with van der Waals surface area (Å²) in [5.41, 5.74) is -0.179. The second-order valence-corrected chi connectivity index (χ2v) is 10.8. The van der Waals surface area contributed by atoms with E-state index in [4.69, 9.17) is 17.0 Å². The van der Waals surface area contributed by atoms with E-state index >= 15 is 0 Å². The Bertz CT molecular complexity index is 665. The van der Waals surface area contributed by atoms with Gasteiger partial charge in [-0.3, -0.25) is 9.78 Å². The van der Waals surface area contributed by atoms with Crippen molar-refractivity contribution in [1.82, 2.24) is 9.97 Å². The van der Waals surface area contributed by atoms with Crippen molar-refractivity contribution in [2.45, 2.75) is 30.8 Å². The van der Waals surface area contributed by atoms with Gasteiger partial charge in [-0.05, 0) is 38.1 Å². The van der Waals surface area contributed by atoms with E-state index in [1.54, 1.807) is 0 Å². The highest BCUT2D eigenvalue weighted by molar-refractivity contribution is 7.72. The SMILES string of the molecule is C=P(C)(C)CC[C@H]1O[C@@H](c2c[nH]c(=S)[nH]c2=O)[C@H](O)[C@@H]1O. The largest absolute Gasteiger partial charge is 0.388 e. The van der Waals surface area contributed by atoms with Gasteiger partial charge in [0, 0.05) is 6.20 Å². The van der Waals surface area contributed by atoms with Gasteiger partial charge in [-0.15, -0.1) is 13.2 Å². The molecule has 0 amide bonds. The Kier molecular flexibility index (Phi) is 4.90. The fraction of sp³-hybridized carbons (Fsp3) is 0.615. The highest BCUT2D eigenvalue weighted by atomic mass is 32.1. The minimum absolute atomic E-state index is 0.206. The van der Waals surface area contributed by atoms with E-state index in [-0.39, 0.29) is 10.3 Å². The van der Waals surface area contributed by atoms with E-state index in [9.17, 15) is 15.0 Å². The number of rotatable bonds is 4. The minimum Gasteiger partial charge on any atom is -0.388 e. The Morgan fingerprint density at radius 1 is 1.43 bits per heavy atom. The summed E-state index contributed by atoms with van der Waals surface area (Å²) < 4.78 is 5.91. The van der Waals surface area contributed by atoms with E-state index in [2.05, 4.69) is 29.6 Å². The zero-order valence-corrected chi connectivity index (χ0v) is 13.8. The van der Waals surface area contributed by atoms with Gasteiger partial charge in [0.15, 0.2) is 4.77 Å². The van der Waals surface area contributed by atoms with Gasteiger partial charge in [0.2, 0.25) is 0 Å². The Balaban J connectivity index is 2.18. The molecule has 0 bridgehead atoms. The fourth-order valence-electron chi connectivity index (χ4n) is 2.35. The maximum absolute atomic E-state index is 11.9. The summed E-state index contributed by atoms with van der Waals surface area (Å²) in [4.78, 5) is 17.0. The number of H-pyrrole nitrogens is 2. The van der Waals surface area contributed by atoms with Crippen molar-refractivity contribution in [3.8, 4) is 0 Å². The monoisotopic (exact) mass is 332 g/mol. The van der Waals surface area contributed by atoms with Gasteiger partial charge in [0.1, 0.15) is 18.3 Å². The zero-order valence-electron chi connectivity index (χ0n) is 12.1. The van der Waals surface area contributed by atoms with Crippen LogP contribution in [0.4, 0.5) is 0 Å². The van der Waals surface area contributed by atoms with Crippen molar-refractivity contribution in [2.75, 3.05) is 19.5 Å². The maximum atomic E-state index is 11.9. The first-order valence-corrected chi connectivity index (χ1v) is 10.2. The molecule has 0 radical (unpaired) electrons. The number of aromatic nitrogens is 2. The molecule has 1 aliphatic heterocycles. The van der Waals surface area contributed by atoms with Gasteiger partial charge >= 0.3 is 0 Å². The summed E-state index contributed by atoms with van der Waals surface area (Å²) in [6.07, 6.45) is 3.51. The van der Waals surface area contributed by atoms with E-state index in [1.807, 2.05) is 0 Å². The molecular formula is C13H21N2O4PS. The molecule has 1 aromatic rings. The third kappa shape index (κ3) is 3.93. The molecule has 118 valence electrons. The van der Waals surface area contributed by atoms with Gasteiger partial charge in [-0.1, -0.05) is 0 Å². The lowest BCUT2D eigenvalue weighted by Gasteiger charge is -2.18. The number of aliphatic hydroxyl groups is 2. The second kappa shape index (κ2) is 6.18. The van der Waals surface area contributed by atoms with Gasteiger partial charge in [-0.2, -0.15) is 0 Å². The van der Waals surface area contributed by atoms with Crippen LogP contribution >= 0.6 is 19.1 Å². The summed E-state index contributed by atoms with van der Waals surface area (Å²) >= 11 is 4.83. The molecule has 8 heteroatoms. The van der Waals surface area contributed by atoms with Crippen LogP contribution in [-0.2, 0) is 4.74 Å². The van der Waals surface area contributed by atoms with Crippen LogP contribution in [0, 0.1) is 4.77 Å². The molecule has 2 rings (SSSR count). The summed E-state index contributed by atoms with van der Waals surface area (Å²) in [7, 11) is 0. The zero-order chi connectivity index (χ0) is 15.8. The molecule has 1 aromatic heterocycles. The molecule has 1 aliphatic rings. The summed E-state index contributed by atoms with van der Waals surface area (Å²) in [5, 5.41) is 20.2. The normalized spacial score (nSPS) is 29.7. The lowest BCUT2D eigenvalue weighted by Crippen LogP contribution is -2.32. The lowest BCUT2D eigenvalue weighted by molar-refractivity contribution is 0.00515. The summed E-state index contributed by atoms with van der Waals surface area (Å²) in [6, 6.07) is 0. The molecule has 1 saturated heterocycles. The molecule has 21 heavy (non-hydrogen) atoms. The first-order valence-electron chi connectivity index (χ1n) is 6.70. The van der Waals surface area contributed by atoms with Crippen molar-refractivity contribution < 1.29 is 14.9 Å². The Morgan fingerprint density at radius 2 is 2.10 bits per heavy atom. The van der Waals surface area contributed by atoms with Crippen LogP contribution in [0.1, 0.15) is 18.1 Å². The Morgan fingerprint density at radius 3 is 2.67 bits per heavy atom.